The van der Waals surface area contributed by atoms with Crippen molar-refractivity contribution >= 4 is 5.97 Å². The van der Waals surface area contributed by atoms with E-state index in [1.165, 1.54) is 0 Å². The van der Waals surface area contributed by atoms with Crippen LogP contribution in [0.25, 0.3) is 0 Å². The average Bonchev–Trinajstić information content (AvgIpc) is 2.53. The molecule has 0 radical (unpaired) electrons. The third-order valence-corrected chi connectivity index (χ3v) is 2.78. The Kier molecular flexibility index (Phi) is 3.09. The fourth-order valence-electron chi connectivity index (χ4n) is 1.85. The molecule has 1 aliphatic rings. The normalized spacial score (nSPS) is 23.8. The first-order chi connectivity index (χ1) is 5.63. The molecule has 12 heavy (non-hydrogen) atoms. The maximum Gasteiger partial charge on any atom is 0.308 e. The molecular weight excluding hydrogens is 156 g/mol. The summed E-state index contributed by atoms with van der Waals surface area (Å²) in [6.45, 7) is 1.57. The van der Waals surface area contributed by atoms with Crippen LogP contribution in [0.5, 0.6) is 0 Å². The van der Waals surface area contributed by atoms with E-state index in [-0.39, 0.29) is 5.92 Å². The van der Waals surface area contributed by atoms with Crippen molar-refractivity contribution < 1.29 is 15.0 Å². The lowest BCUT2D eigenvalue weighted by Crippen LogP contribution is -2.31. The van der Waals surface area contributed by atoms with E-state index in [9.17, 15) is 9.90 Å². The number of aliphatic carboxylic acids is 1. The molecule has 1 aliphatic carbocycles. The van der Waals surface area contributed by atoms with Crippen LogP contribution < -0.4 is 0 Å². The number of carboxylic acid groups (broad SMARTS) is 1. The van der Waals surface area contributed by atoms with E-state index >= 15 is 0 Å². The Labute approximate surface area is 72.4 Å². The second kappa shape index (κ2) is 3.90. The largest absolute Gasteiger partial charge is 0.481 e. The quantitative estimate of drug-likeness (QED) is 0.673. The summed E-state index contributed by atoms with van der Waals surface area (Å²) >= 11 is 0. The number of carboxylic acids is 1. The van der Waals surface area contributed by atoms with E-state index in [0.29, 0.717) is 0 Å². The van der Waals surface area contributed by atoms with Crippen molar-refractivity contribution in [2.24, 2.45) is 11.8 Å². The smallest absolute Gasteiger partial charge is 0.308 e. The van der Waals surface area contributed by atoms with E-state index < -0.39 is 18.0 Å². The first-order valence-electron chi connectivity index (χ1n) is 4.54. The van der Waals surface area contributed by atoms with Gasteiger partial charge in [0.15, 0.2) is 0 Å². The molecule has 0 saturated heterocycles. The Balaban J connectivity index is 2.44. The zero-order chi connectivity index (χ0) is 9.14. The Morgan fingerprint density at radius 2 is 1.92 bits per heavy atom. The van der Waals surface area contributed by atoms with Gasteiger partial charge < -0.3 is 10.2 Å². The van der Waals surface area contributed by atoms with Crippen LogP contribution in [0.1, 0.15) is 32.6 Å². The first kappa shape index (κ1) is 9.52. The van der Waals surface area contributed by atoms with Crippen molar-refractivity contribution in [1.29, 1.82) is 0 Å². The van der Waals surface area contributed by atoms with Crippen molar-refractivity contribution in [3.63, 3.8) is 0 Å². The van der Waals surface area contributed by atoms with Gasteiger partial charge in [-0.15, -0.1) is 0 Å². The molecule has 2 N–H and O–H groups in total. The monoisotopic (exact) mass is 172 g/mol. The van der Waals surface area contributed by atoms with Gasteiger partial charge in [0.05, 0.1) is 12.0 Å². The molecule has 0 spiro atoms. The first-order valence-corrected chi connectivity index (χ1v) is 4.54. The molecule has 0 heterocycles. The van der Waals surface area contributed by atoms with E-state index in [0.717, 1.165) is 25.7 Å². The minimum Gasteiger partial charge on any atom is -0.481 e. The molecule has 0 aromatic rings. The fraction of sp³-hybridized carbons (Fsp3) is 0.889. The van der Waals surface area contributed by atoms with Gasteiger partial charge in [0, 0.05) is 0 Å². The number of aliphatic hydroxyl groups is 1. The Bertz CT molecular complexity index is 161. The molecule has 3 heteroatoms. The number of hydrogen-bond acceptors (Lipinski definition) is 2. The number of hydrogen-bond donors (Lipinski definition) is 2. The van der Waals surface area contributed by atoms with Crippen molar-refractivity contribution in [3.8, 4) is 0 Å². The molecule has 1 rings (SSSR count). The molecule has 70 valence electrons. The standard InChI is InChI=1S/C9H16O3/c1-6(9(11)12)8(10)7-4-2-3-5-7/h6-8,10H,2-5H2,1H3,(H,11,12). The minimum absolute atomic E-state index is 0.219. The molecule has 1 saturated carbocycles. The minimum atomic E-state index is -0.894. The summed E-state index contributed by atoms with van der Waals surface area (Å²) in [7, 11) is 0. The summed E-state index contributed by atoms with van der Waals surface area (Å²) in [6, 6.07) is 0. The third-order valence-electron chi connectivity index (χ3n) is 2.78. The van der Waals surface area contributed by atoms with Gasteiger partial charge in [-0.2, -0.15) is 0 Å². The summed E-state index contributed by atoms with van der Waals surface area (Å²) < 4.78 is 0. The second-order valence-electron chi connectivity index (χ2n) is 3.66. The van der Waals surface area contributed by atoms with Crippen LogP contribution in [-0.4, -0.2) is 22.3 Å². The van der Waals surface area contributed by atoms with Crippen molar-refractivity contribution in [2.45, 2.75) is 38.7 Å². The lowest BCUT2D eigenvalue weighted by Gasteiger charge is -2.20. The topological polar surface area (TPSA) is 57.5 Å². The molecule has 0 aromatic carbocycles. The molecule has 0 aromatic heterocycles. The highest BCUT2D eigenvalue weighted by Crippen LogP contribution is 2.30. The SMILES string of the molecule is CC(C(=O)O)C(O)C1CCCC1. The van der Waals surface area contributed by atoms with Gasteiger partial charge in [0.2, 0.25) is 0 Å². The summed E-state index contributed by atoms with van der Waals surface area (Å²) in [5.41, 5.74) is 0. The zero-order valence-corrected chi connectivity index (χ0v) is 7.36. The second-order valence-corrected chi connectivity index (χ2v) is 3.66. The Hall–Kier alpha value is -0.570. The van der Waals surface area contributed by atoms with Crippen LogP contribution in [0.15, 0.2) is 0 Å². The summed E-state index contributed by atoms with van der Waals surface area (Å²) in [6.07, 6.45) is 3.59. The predicted molar refractivity (Wildman–Crippen MR) is 44.8 cm³/mol. The maximum atomic E-state index is 10.5. The lowest BCUT2D eigenvalue weighted by molar-refractivity contribution is -0.146. The molecule has 2 atom stereocenters. The van der Waals surface area contributed by atoms with Crippen LogP contribution >= 0.6 is 0 Å². The van der Waals surface area contributed by atoms with Crippen LogP contribution in [0.4, 0.5) is 0 Å². The lowest BCUT2D eigenvalue weighted by atomic mass is 9.91. The van der Waals surface area contributed by atoms with Gasteiger partial charge in [0.25, 0.3) is 0 Å². The molecule has 0 amide bonds. The van der Waals surface area contributed by atoms with Crippen molar-refractivity contribution in [2.75, 3.05) is 0 Å². The predicted octanol–water partition coefficient (Wildman–Crippen LogP) is 1.26. The van der Waals surface area contributed by atoms with Gasteiger partial charge >= 0.3 is 5.97 Å². The Morgan fingerprint density at radius 3 is 2.33 bits per heavy atom. The molecule has 2 unspecified atom stereocenters. The molecular formula is C9H16O3. The number of carbonyl (C=O) groups is 1. The van der Waals surface area contributed by atoms with Gasteiger partial charge in [-0.1, -0.05) is 12.8 Å². The van der Waals surface area contributed by atoms with Gasteiger partial charge in [0.1, 0.15) is 0 Å². The highest BCUT2D eigenvalue weighted by atomic mass is 16.4. The average molecular weight is 172 g/mol. The van der Waals surface area contributed by atoms with Crippen LogP contribution in [0.2, 0.25) is 0 Å². The summed E-state index contributed by atoms with van der Waals surface area (Å²) in [4.78, 5) is 10.5. The van der Waals surface area contributed by atoms with Crippen LogP contribution in [0.3, 0.4) is 0 Å². The third kappa shape index (κ3) is 1.97. The maximum absolute atomic E-state index is 10.5. The highest BCUT2D eigenvalue weighted by molar-refractivity contribution is 5.70. The van der Waals surface area contributed by atoms with Gasteiger partial charge in [-0.05, 0) is 25.7 Å². The van der Waals surface area contributed by atoms with E-state index in [1.807, 2.05) is 0 Å². The van der Waals surface area contributed by atoms with Crippen LogP contribution in [-0.2, 0) is 4.79 Å². The van der Waals surface area contributed by atoms with Crippen molar-refractivity contribution in [1.82, 2.24) is 0 Å². The molecule has 1 fully saturated rings. The zero-order valence-electron chi connectivity index (χ0n) is 7.36. The van der Waals surface area contributed by atoms with E-state index in [1.54, 1.807) is 6.92 Å². The Morgan fingerprint density at radius 1 is 1.42 bits per heavy atom. The van der Waals surface area contributed by atoms with Gasteiger partial charge in [-0.25, -0.2) is 0 Å². The fourth-order valence-corrected chi connectivity index (χ4v) is 1.85. The molecule has 3 nitrogen and oxygen atoms in total. The molecule has 0 aliphatic heterocycles. The molecule has 0 bridgehead atoms. The van der Waals surface area contributed by atoms with E-state index in [4.69, 9.17) is 5.11 Å². The van der Waals surface area contributed by atoms with Gasteiger partial charge in [-0.3, -0.25) is 4.79 Å². The van der Waals surface area contributed by atoms with Crippen molar-refractivity contribution in [3.05, 3.63) is 0 Å². The van der Waals surface area contributed by atoms with Crippen LogP contribution in [0, 0.1) is 11.8 Å². The number of aliphatic hydroxyl groups excluding tert-OH is 1. The number of rotatable bonds is 3. The summed E-state index contributed by atoms with van der Waals surface area (Å²) in [5.74, 6) is -1.29. The summed E-state index contributed by atoms with van der Waals surface area (Å²) in [5, 5.41) is 18.3. The van der Waals surface area contributed by atoms with E-state index in [2.05, 4.69) is 0 Å². The highest BCUT2D eigenvalue weighted by Gasteiger charge is 2.30.